The van der Waals surface area contributed by atoms with Crippen molar-refractivity contribution in [3.8, 4) is 5.88 Å². The van der Waals surface area contributed by atoms with E-state index < -0.39 is 0 Å². The van der Waals surface area contributed by atoms with Crippen molar-refractivity contribution in [2.75, 3.05) is 13.2 Å². The molecule has 2 aromatic heterocycles. The highest BCUT2D eigenvalue weighted by atomic mass is 32.1. The SMILES string of the molecule is O=C(c1ccnc(O[C@H]2CCOC2)c1)N(Cc1cccs1)C1CC1. The lowest BCUT2D eigenvalue weighted by Crippen LogP contribution is -2.32. The van der Waals surface area contributed by atoms with Gasteiger partial charge in [0.1, 0.15) is 6.10 Å². The predicted octanol–water partition coefficient (Wildman–Crippen LogP) is 3.12. The van der Waals surface area contributed by atoms with E-state index in [0.29, 0.717) is 30.6 Å². The topological polar surface area (TPSA) is 51.7 Å². The van der Waals surface area contributed by atoms with Crippen molar-refractivity contribution in [2.45, 2.75) is 38.0 Å². The minimum Gasteiger partial charge on any atom is -0.472 e. The van der Waals surface area contributed by atoms with Crippen molar-refractivity contribution in [1.82, 2.24) is 9.88 Å². The van der Waals surface area contributed by atoms with Crippen molar-refractivity contribution in [2.24, 2.45) is 0 Å². The van der Waals surface area contributed by atoms with Gasteiger partial charge in [-0.3, -0.25) is 4.79 Å². The van der Waals surface area contributed by atoms with Crippen LogP contribution in [0.5, 0.6) is 5.88 Å². The molecule has 1 saturated heterocycles. The number of nitrogens with zero attached hydrogens (tertiary/aromatic N) is 2. The molecule has 1 aliphatic heterocycles. The lowest BCUT2D eigenvalue weighted by molar-refractivity contribution is 0.0730. The summed E-state index contributed by atoms with van der Waals surface area (Å²) in [7, 11) is 0. The summed E-state index contributed by atoms with van der Waals surface area (Å²) in [6, 6.07) is 7.99. The monoisotopic (exact) mass is 344 g/mol. The normalized spacial score (nSPS) is 20.1. The average Bonchev–Trinajstić information content (AvgIpc) is 3.08. The van der Waals surface area contributed by atoms with Gasteiger partial charge in [-0.2, -0.15) is 0 Å². The summed E-state index contributed by atoms with van der Waals surface area (Å²) >= 11 is 1.69. The van der Waals surface area contributed by atoms with E-state index in [1.54, 1.807) is 29.7 Å². The number of rotatable bonds is 6. The molecule has 6 heteroatoms. The van der Waals surface area contributed by atoms with E-state index in [9.17, 15) is 4.79 Å². The second-order valence-electron chi connectivity index (χ2n) is 6.23. The van der Waals surface area contributed by atoms with Gasteiger partial charge in [-0.25, -0.2) is 4.98 Å². The third-order valence-corrected chi connectivity index (χ3v) is 5.17. The van der Waals surface area contributed by atoms with E-state index in [1.165, 1.54) is 4.88 Å². The van der Waals surface area contributed by atoms with Crippen LogP contribution in [0.15, 0.2) is 35.8 Å². The van der Waals surface area contributed by atoms with Crippen LogP contribution >= 0.6 is 11.3 Å². The third-order valence-electron chi connectivity index (χ3n) is 4.31. The molecule has 4 rings (SSSR count). The molecule has 1 amide bonds. The standard InChI is InChI=1S/C18H20N2O3S/c21-18(20(14-3-4-14)11-16-2-1-9-24-16)13-5-7-19-17(10-13)23-15-6-8-22-12-15/h1-2,5,7,9-10,14-15H,3-4,6,8,11-12H2/t15-/m0/s1. The second kappa shape index (κ2) is 6.91. The van der Waals surface area contributed by atoms with Crippen LogP contribution in [0.1, 0.15) is 34.5 Å². The van der Waals surface area contributed by atoms with Gasteiger partial charge >= 0.3 is 0 Å². The van der Waals surface area contributed by atoms with E-state index in [2.05, 4.69) is 11.1 Å². The average molecular weight is 344 g/mol. The van der Waals surface area contributed by atoms with E-state index in [4.69, 9.17) is 9.47 Å². The number of hydrogen-bond donors (Lipinski definition) is 0. The largest absolute Gasteiger partial charge is 0.472 e. The minimum atomic E-state index is 0.0357. The fourth-order valence-corrected chi connectivity index (χ4v) is 3.58. The van der Waals surface area contributed by atoms with Gasteiger partial charge in [0.15, 0.2) is 0 Å². The van der Waals surface area contributed by atoms with Crippen molar-refractivity contribution in [3.63, 3.8) is 0 Å². The maximum absolute atomic E-state index is 13.0. The summed E-state index contributed by atoms with van der Waals surface area (Å²) in [6.07, 6.45) is 4.73. The molecular weight excluding hydrogens is 324 g/mol. The van der Waals surface area contributed by atoms with Gasteiger partial charge < -0.3 is 14.4 Å². The quantitative estimate of drug-likeness (QED) is 0.808. The van der Waals surface area contributed by atoms with Crippen molar-refractivity contribution in [1.29, 1.82) is 0 Å². The van der Waals surface area contributed by atoms with Gasteiger partial charge in [0.25, 0.3) is 5.91 Å². The summed E-state index contributed by atoms with van der Waals surface area (Å²) in [4.78, 5) is 20.4. The highest BCUT2D eigenvalue weighted by Gasteiger charge is 2.33. The minimum absolute atomic E-state index is 0.0357. The number of hydrogen-bond acceptors (Lipinski definition) is 5. The number of thiophene rings is 1. The molecule has 5 nitrogen and oxygen atoms in total. The van der Waals surface area contributed by atoms with Gasteiger partial charge in [0.05, 0.1) is 19.8 Å². The molecule has 1 atom stereocenters. The van der Waals surface area contributed by atoms with E-state index in [1.807, 2.05) is 16.3 Å². The van der Waals surface area contributed by atoms with Crippen LogP contribution in [0.2, 0.25) is 0 Å². The number of amides is 1. The Morgan fingerprint density at radius 2 is 2.29 bits per heavy atom. The van der Waals surface area contributed by atoms with Crippen LogP contribution in [-0.2, 0) is 11.3 Å². The lowest BCUT2D eigenvalue weighted by Gasteiger charge is -2.22. The number of pyridine rings is 1. The van der Waals surface area contributed by atoms with Gasteiger partial charge in [-0.15, -0.1) is 11.3 Å². The Bertz CT molecular complexity index is 694. The summed E-state index contributed by atoms with van der Waals surface area (Å²) in [6.45, 7) is 1.99. The first-order valence-electron chi connectivity index (χ1n) is 8.33. The summed E-state index contributed by atoms with van der Waals surface area (Å²) < 4.78 is 11.1. The van der Waals surface area contributed by atoms with Crippen LogP contribution in [0.25, 0.3) is 0 Å². The maximum Gasteiger partial charge on any atom is 0.254 e. The second-order valence-corrected chi connectivity index (χ2v) is 7.26. The molecule has 126 valence electrons. The Morgan fingerprint density at radius 3 is 3.00 bits per heavy atom. The molecule has 1 saturated carbocycles. The van der Waals surface area contributed by atoms with Crippen LogP contribution in [0.4, 0.5) is 0 Å². The van der Waals surface area contributed by atoms with Crippen LogP contribution < -0.4 is 4.74 Å². The third kappa shape index (κ3) is 3.60. The Hall–Kier alpha value is -1.92. The zero-order valence-corrected chi connectivity index (χ0v) is 14.2. The summed E-state index contributed by atoms with van der Waals surface area (Å²) in [5.41, 5.74) is 0.641. The smallest absolute Gasteiger partial charge is 0.254 e. The van der Waals surface area contributed by atoms with Crippen molar-refractivity contribution in [3.05, 3.63) is 46.3 Å². The van der Waals surface area contributed by atoms with Crippen molar-refractivity contribution < 1.29 is 14.3 Å². The Morgan fingerprint density at radius 1 is 1.38 bits per heavy atom. The van der Waals surface area contributed by atoms with Gasteiger partial charge in [0, 0.05) is 35.2 Å². The Kier molecular flexibility index (Phi) is 4.49. The number of aromatic nitrogens is 1. The molecule has 0 radical (unpaired) electrons. The molecule has 2 aromatic rings. The molecule has 0 spiro atoms. The molecule has 24 heavy (non-hydrogen) atoms. The van der Waals surface area contributed by atoms with Crippen LogP contribution in [-0.4, -0.2) is 41.2 Å². The molecule has 1 aliphatic carbocycles. The highest BCUT2D eigenvalue weighted by Crippen LogP contribution is 2.31. The van der Waals surface area contributed by atoms with Crippen LogP contribution in [0, 0.1) is 0 Å². The zero-order chi connectivity index (χ0) is 16.4. The first kappa shape index (κ1) is 15.6. The summed E-state index contributed by atoms with van der Waals surface area (Å²) in [5, 5.41) is 2.05. The molecule has 0 unspecified atom stereocenters. The van der Waals surface area contributed by atoms with Gasteiger partial charge in [0.2, 0.25) is 5.88 Å². The van der Waals surface area contributed by atoms with Gasteiger partial charge in [-0.05, 0) is 30.4 Å². The van der Waals surface area contributed by atoms with Crippen molar-refractivity contribution >= 4 is 17.2 Å². The van der Waals surface area contributed by atoms with E-state index in [-0.39, 0.29) is 12.0 Å². The zero-order valence-electron chi connectivity index (χ0n) is 13.4. The Labute approximate surface area is 145 Å². The predicted molar refractivity (Wildman–Crippen MR) is 91.3 cm³/mol. The number of ether oxygens (including phenoxy) is 2. The van der Waals surface area contributed by atoms with E-state index >= 15 is 0 Å². The van der Waals surface area contributed by atoms with Gasteiger partial charge in [-0.1, -0.05) is 6.07 Å². The Balaban J connectivity index is 1.49. The fraction of sp³-hybridized carbons (Fsp3) is 0.444. The number of carbonyl (C=O) groups is 1. The van der Waals surface area contributed by atoms with Crippen LogP contribution in [0.3, 0.4) is 0 Å². The molecule has 2 fully saturated rings. The molecule has 0 aromatic carbocycles. The first-order valence-corrected chi connectivity index (χ1v) is 9.21. The highest BCUT2D eigenvalue weighted by molar-refractivity contribution is 7.09. The fourth-order valence-electron chi connectivity index (χ4n) is 2.87. The number of carbonyl (C=O) groups excluding carboxylic acids is 1. The molecule has 2 aliphatic rings. The molecule has 3 heterocycles. The first-order chi connectivity index (χ1) is 11.8. The van der Waals surface area contributed by atoms with E-state index in [0.717, 1.165) is 25.9 Å². The molecule has 0 N–H and O–H groups in total. The maximum atomic E-state index is 13.0. The molecule has 0 bridgehead atoms. The summed E-state index contributed by atoms with van der Waals surface area (Å²) in [5.74, 6) is 0.559. The lowest BCUT2D eigenvalue weighted by atomic mass is 10.2. The molecular formula is C18H20N2O3S.